The van der Waals surface area contributed by atoms with Crippen LogP contribution in [0.2, 0.25) is 0 Å². The molecule has 0 spiro atoms. The van der Waals surface area contributed by atoms with E-state index in [2.05, 4.69) is 39.8 Å². The Hall–Kier alpha value is -2.08. The number of nitrogens with one attached hydrogen (secondary N) is 2. The van der Waals surface area contributed by atoms with Gasteiger partial charge in [0.25, 0.3) is 0 Å². The van der Waals surface area contributed by atoms with Crippen molar-refractivity contribution < 1.29 is 9.53 Å². The van der Waals surface area contributed by atoms with Crippen LogP contribution in [0.15, 0.2) is 35.5 Å². The third kappa shape index (κ3) is 3.95. The number of hydrogen-bond acceptors (Lipinski definition) is 4. The molecule has 5 nitrogen and oxygen atoms in total. The standard InChI is InChI=1S/C19H25N3O2S/c1-13-16(18(23)24-2)17(21-19(25)20-13)14-7-9-15(10-8-14)22-11-5-3-4-6-12-22/h7-10,17H,3-6,11-12H2,1-2H3,(H2,20,21,25)/t17-/m1/s1. The molecule has 1 atom stereocenters. The Bertz CT molecular complexity index is 676. The second kappa shape index (κ2) is 7.87. The smallest absolute Gasteiger partial charge is 0.337 e. The molecule has 1 saturated heterocycles. The van der Waals surface area contributed by atoms with E-state index in [9.17, 15) is 4.79 Å². The minimum atomic E-state index is -0.346. The fourth-order valence-electron chi connectivity index (χ4n) is 3.53. The fraction of sp³-hybridized carbons (Fsp3) is 0.474. The second-order valence-electron chi connectivity index (χ2n) is 6.55. The highest BCUT2D eigenvalue weighted by Gasteiger charge is 2.30. The monoisotopic (exact) mass is 359 g/mol. The van der Waals surface area contributed by atoms with Crippen molar-refractivity contribution in [1.82, 2.24) is 10.6 Å². The zero-order valence-electron chi connectivity index (χ0n) is 14.8. The van der Waals surface area contributed by atoms with Crippen LogP contribution >= 0.6 is 12.2 Å². The van der Waals surface area contributed by atoms with Gasteiger partial charge >= 0.3 is 5.97 Å². The van der Waals surface area contributed by atoms with E-state index < -0.39 is 0 Å². The van der Waals surface area contributed by atoms with E-state index in [4.69, 9.17) is 17.0 Å². The number of thiocarbonyl (C=S) groups is 1. The van der Waals surface area contributed by atoms with Crippen molar-refractivity contribution in [2.45, 2.75) is 38.6 Å². The largest absolute Gasteiger partial charge is 0.466 e. The number of carbonyl (C=O) groups excluding carboxylic acids is 1. The highest BCUT2D eigenvalue weighted by atomic mass is 32.1. The molecule has 1 aromatic carbocycles. The normalized spacial score (nSPS) is 21.3. The highest BCUT2D eigenvalue weighted by Crippen LogP contribution is 2.29. The van der Waals surface area contributed by atoms with Crippen molar-refractivity contribution in [3.8, 4) is 0 Å². The zero-order valence-corrected chi connectivity index (χ0v) is 15.6. The Morgan fingerprint density at radius 3 is 2.40 bits per heavy atom. The number of benzene rings is 1. The van der Waals surface area contributed by atoms with E-state index >= 15 is 0 Å². The van der Waals surface area contributed by atoms with Crippen LogP contribution in [0.25, 0.3) is 0 Å². The van der Waals surface area contributed by atoms with Crippen molar-refractivity contribution in [3.63, 3.8) is 0 Å². The molecule has 3 rings (SSSR count). The number of nitrogens with zero attached hydrogens (tertiary/aromatic N) is 1. The van der Waals surface area contributed by atoms with E-state index in [-0.39, 0.29) is 12.0 Å². The van der Waals surface area contributed by atoms with Crippen LogP contribution in [0.5, 0.6) is 0 Å². The fourth-order valence-corrected chi connectivity index (χ4v) is 3.80. The first-order valence-corrected chi connectivity index (χ1v) is 9.22. The summed E-state index contributed by atoms with van der Waals surface area (Å²) in [5.41, 5.74) is 3.54. The topological polar surface area (TPSA) is 53.6 Å². The van der Waals surface area contributed by atoms with Gasteiger partial charge in [0.1, 0.15) is 0 Å². The van der Waals surface area contributed by atoms with Gasteiger partial charge in [-0.25, -0.2) is 4.79 Å². The predicted octanol–water partition coefficient (Wildman–Crippen LogP) is 3.03. The van der Waals surface area contributed by atoms with E-state index in [1.165, 1.54) is 38.5 Å². The van der Waals surface area contributed by atoms with Crippen LogP contribution in [0.3, 0.4) is 0 Å². The quantitative estimate of drug-likeness (QED) is 0.639. The maximum atomic E-state index is 12.2. The predicted molar refractivity (Wildman–Crippen MR) is 103 cm³/mol. The summed E-state index contributed by atoms with van der Waals surface area (Å²) in [6.45, 7) is 4.07. The third-order valence-corrected chi connectivity index (χ3v) is 5.09. The molecule has 6 heteroatoms. The van der Waals surface area contributed by atoms with Crippen molar-refractivity contribution >= 4 is 29.0 Å². The molecule has 0 radical (unpaired) electrons. The number of methoxy groups -OCH3 is 1. The number of allylic oxidation sites excluding steroid dienone is 1. The summed E-state index contributed by atoms with van der Waals surface area (Å²) < 4.78 is 4.95. The van der Waals surface area contributed by atoms with Gasteiger partial charge in [0.15, 0.2) is 5.11 Å². The van der Waals surface area contributed by atoms with Crippen molar-refractivity contribution in [3.05, 3.63) is 41.1 Å². The molecule has 2 N–H and O–H groups in total. The average molecular weight is 359 g/mol. The van der Waals surface area contributed by atoms with Crippen LogP contribution in [-0.4, -0.2) is 31.3 Å². The Kier molecular flexibility index (Phi) is 5.58. The van der Waals surface area contributed by atoms with E-state index in [0.29, 0.717) is 10.7 Å². The summed E-state index contributed by atoms with van der Waals surface area (Å²) in [4.78, 5) is 14.7. The average Bonchev–Trinajstić information content (AvgIpc) is 2.90. The number of rotatable bonds is 3. The lowest BCUT2D eigenvalue weighted by atomic mass is 9.95. The summed E-state index contributed by atoms with van der Waals surface area (Å²) in [6.07, 6.45) is 5.13. The van der Waals surface area contributed by atoms with E-state index in [1.54, 1.807) is 0 Å². The summed E-state index contributed by atoms with van der Waals surface area (Å²) in [5, 5.41) is 6.71. The lowest BCUT2D eigenvalue weighted by Gasteiger charge is -2.30. The van der Waals surface area contributed by atoms with Gasteiger partial charge in [0.2, 0.25) is 0 Å². The highest BCUT2D eigenvalue weighted by molar-refractivity contribution is 7.80. The molecule has 0 aliphatic carbocycles. The molecule has 1 aromatic rings. The van der Waals surface area contributed by atoms with E-state index in [0.717, 1.165) is 24.4 Å². The van der Waals surface area contributed by atoms with Gasteiger partial charge in [0.05, 0.1) is 18.7 Å². The number of esters is 1. The minimum absolute atomic E-state index is 0.292. The lowest BCUT2D eigenvalue weighted by Crippen LogP contribution is -2.45. The third-order valence-electron chi connectivity index (χ3n) is 4.87. The van der Waals surface area contributed by atoms with Gasteiger partial charge < -0.3 is 20.3 Å². The maximum absolute atomic E-state index is 12.2. The molecule has 0 aromatic heterocycles. The first-order chi connectivity index (χ1) is 12.1. The van der Waals surface area contributed by atoms with Crippen molar-refractivity contribution in [1.29, 1.82) is 0 Å². The number of hydrogen-bond donors (Lipinski definition) is 2. The van der Waals surface area contributed by atoms with Crippen LogP contribution in [0, 0.1) is 0 Å². The molecule has 0 saturated carbocycles. The van der Waals surface area contributed by atoms with Gasteiger partial charge in [0, 0.05) is 24.5 Å². The van der Waals surface area contributed by atoms with Crippen LogP contribution in [0.4, 0.5) is 5.69 Å². The SMILES string of the molecule is COC(=O)C1=C(C)NC(=S)N[C@@H]1c1ccc(N2CCCCCC2)cc1. The van der Waals surface area contributed by atoms with Gasteiger partial charge in [-0.15, -0.1) is 0 Å². The van der Waals surface area contributed by atoms with Gasteiger partial charge in [-0.05, 0) is 49.7 Å². The molecule has 1 fully saturated rings. The van der Waals surface area contributed by atoms with Crippen molar-refractivity contribution in [2.24, 2.45) is 0 Å². The first-order valence-electron chi connectivity index (χ1n) is 8.81. The summed E-state index contributed by atoms with van der Waals surface area (Å²) in [5.74, 6) is -0.346. The number of carbonyl (C=O) groups is 1. The van der Waals surface area contributed by atoms with Crippen LogP contribution in [0.1, 0.15) is 44.2 Å². The molecule has 2 heterocycles. The van der Waals surface area contributed by atoms with Gasteiger partial charge in [-0.3, -0.25) is 0 Å². The van der Waals surface area contributed by atoms with Crippen LogP contribution < -0.4 is 15.5 Å². The van der Waals surface area contributed by atoms with E-state index in [1.807, 2.05) is 6.92 Å². The van der Waals surface area contributed by atoms with Gasteiger partial charge in [-0.2, -0.15) is 0 Å². The zero-order chi connectivity index (χ0) is 17.8. The number of ether oxygens (including phenoxy) is 1. The molecular weight excluding hydrogens is 334 g/mol. The first kappa shape index (κ1) is 17.7. The molecule has 0 unspecified atom stereocenters. The van der Waals surface area contributed by atoms with Gasteiger partial charge in [-0.1, -0.05) is 25.0 Å². The Morgan fingerprint density at radius 1 is 1.16 bits per heavy atom. The minimum Gasteiger partial charge on any atom is -0.466 e. The molecular formula is C19H25N3O2S. The maximum Gasteiger partial charge on any atom is 0.337 e. The Morgan fingerprint density at radius 2 is 1.80 bits per heavy atom. The van der Waals surface area contributed by atoms with Crippen molar-refractivity contribution in [2.75, 3.05) is 25.1 Å². The summed E-state index contributed by atoms with van der Waals surface area (Å²) >= 11 is 5.26. The lowest BCUT2D eigenvalue weighted by molar-refractivity contribution is -0.136. The molecule has 134 valence electrons. The molecule has 0 amide bonds. The Labute approximate surface area is 154 Å². The molecule has 2 aliphatic heterocycles. The molecule has 0 bridgehead atoms. The second-order valence-corrected chi connectivity index (χ2v) is 6.96. The molecule has 2 aliphatic rings. The van der Waals surface area contributed by atoms with Crippen LogP contribution in [-0.2, 0) is 9.53 Å². The number of anilines is 1. The Balaban J connectivity index is 1.85. The summed E-state index contributed by atoms with van der Waals surface area (Å²) in [7, 11) is 1.40. The molecule has 25 heavy (non-hydrogen) atoms. The summed E-state index contributed by atoms with van der Waals surface area (Å²) in [6, 6.07) is 8.12.